The minimum Gasteiger partial charge on any atom is -0.349 e. The summed E-state index contributed by atoms with van der Waals surface area (Å²) in [4.78, 5) is 12.0. The summed E-state index contributed by atoms with van der Waals surface area (Å²) >= 11 is 3.41. The zero-order valence-electron chi connectivity index (χ0n) is 12.7. The fourth-order valence-electron chi connectivity index (χ4n) is 2.26. The quantitative estimate of drug-likeness (QED) is 0.896. The molecule has 6 nitrogen and oxygen atoms in total. The molecule has 2 aromatic rings. The van der Waals surface area contributed by atoms with Gasteiger partial charge < -0.3 is 5.32 Å². The molecule has 2 rings (SSSR count). The van der Waals surface area contributed by atoms with Crippen LogP contribution < -0.4 is 5.32 Å². The van der Waals surface area contributed by atoms with Crippen LogP contribution in [0.15, 0.2) is 16.9 Å². The van der Waals surface area contributed by atoms with Gasteiger partial charge in [0, 0.05) is 38.0 Å². The lowest BCUT2D eigenvalue weighted by atomic mass is 10.1. The number of carbonyl (C=O) groups excluding carboxylic acids is 1. The Bertz CT molecular complexity index is 626. The Balaban J connectivity index is 1.88. The minimum atomic E-state index is -0.0442. The number of aryl methyl sites for hydroxylation is 4. The fourth-order valence-corrected chi connectivity index (χ4v) is 2.57. The summed E-state index contributed by atoms with van der Waals surface area (Å²) in [5.41, 5.74) is 2.91. The first-order chi connectivity index (χ1) is 9.86. The van der Waals surface area contributed by atoms with Crippen LogP contribution in [-0.2, 0) is 18.4 Å². The van der Waals surface area contributed by atoms with E-state index in [9.17, 15) is 4.79 Å². The van der Waals surface area contributed by atoms with Crippen LogP contribution in [0.5, 0.6) is 0 Å². The van der Waals surface area contributed by atoms with Crippen molar-refractivity contribution in [2.45, 2.75) is 39.8 Å². The molecule has 0 radical (unpaired) electrons. The van der Waals surface area contributed by atoms with E-state index in [1.54, 1.807) is 9.36 Å². The molecule has 0 bridgehead atoms. The first kappa shape index (κ1) is 15.8. The smallest absolute Gasteiger partial charge is 0.222 e. The second-order valence-electron chi connectivity index (χ2n) is 5.21. The molecule has 0 saturated heterocycles. The number of nitrogens with one attached hydrogen (secondary N) is 1. The second kappa shape index (κ2) is 6.43. The van der Waals surface area contributed by atoms with Crippen LogP contribution in [0.4, 0.5) is 0 Å². The molecule has 0 aliphatic heterocycles. The Labute approximate surface area is 132 Å². The molecule has 2 heterocycles. The highest BCUT2D eigenvalue weighted by Gasteiger charge is 2.14. The Morgan fingerprint density at radius 3 is 2.57 bits per heavy atom. The lowest BCUT2D eigenvalue weighted by Gasteiger charge is -2.13. The molecule has 2 aromatic heterocycles. The summed E-state index contributed by atoms with van der Waals surface area (Å²) in [6.45, 7) is 6.41. The van der Waals surface area contributed by atoms with Crippen molar-refractivity contribution < 1.29 is 4.79 Å². The molecule has 1 atom stereocenters. The number of aromatic nitrogens is 4. The van der Waals surface area contributed by atoms with Crippen molar-refractivity contribution >= 4 is 21.8 Å². The van der Waals surface area contributed by atoms with Crippen LogP contribution in [0.2, 0.25) is 0 Å². The van der Waals surface area contributed by atoms with Crippen molar-refractivity contribution in [3.05, 3.63) is 33.8 Å². The zero-order chi connectivity index (χ0) is 15.6. The van der Waals surface area contributed by atoms with E-state index in [0.717, 1.165) is 21.4 Å². The van der Waals surface area contributed by atoms with Gasteiger partial charge in [-0.3, -0.25) is 14.2 Å². The first-order valence-corrected chi connectivity index (χ1v) is 7.65. The Morgan fingerprint density at radius 2 is 2.05 bits per heavy atom. The molecule has 0 fully saturated rings. The van der Waals surface area contributed by atoms with E-state index in [1.165, 1.54) is 0 Å². The average Bonchev–Trinajstić information content (AvgIpc) is 2.90. The van der Waals surface area contributed by atoms with Crippen LogP contribution in [0.3, 0.4) is 0 Å². The van der Waals surface area contributed by atoms with E-state index < -0.39 is 0 Å². The Kier molecular flexibility index (Phi) is 4.82. The van der Waals surface area contributed by atoms with Crippen LogP contribution >= 0.6 is 15.9 Å². The zero-order valence-corrected chi connectivity index (χ0v) is 14.3. The largest absolute Gasteiger partial charge is 0.349 e. The summed E-state index contributed by atoms with van der Waals surface area (Å²) in [5.74, 6) is 0.00929. The molecule has 0 aliphatic rings. The maximum atomic E-state index is 12.0. The van der Waals surface area contributed by atoms with Crippen molar-refractivity contribution in [1.29, 1.82) is 0 Å². The predicted molar refractivity (Wildman–Crippen MR) is 83.8 cm³/mol. The minimum absolute atomic E-state index is 0.00929. The van der Waals surface area contributed by atoms with Crippen molar-refractivity contribution in [2.75, 3.05) is 0 Å². The van der Waals surface area contributed by atoms with Gasteiger partial charge in [0.1, 0.15) is 0 Å². The molecular weight excluding hydrogens is 334 g/mol. The summed E-state index contributed by atoms with van der Waals surface area (Å²) in [5, 5.41) is 11.6. The molecule has 1 N–H and O–H groups in total. The topological polar surface area (TPSA) is 64.7 Å². The summed E-state index contributed by atoms with van der Waals surface area (Å²) in [6, 6.07) is -0.0442. The molecule has 7 heteroatoms. The molecule has 1 unspecified atom stereocenters. The molecule has 1 amide bonds. The maximum absolute atomic E-state index is 12.0. The van der Waals surface area contributed by atoms with Gasteiger partial charge in [-0.1, -0.05) is 0 Å². The van der Waals surface area contributed by atoms with E-state index in [1.807, 2.05) is 40.2 Å². The third-order valence-electron chi connectivity index (χ3n) is 3.35. The number of carbonyl (C=O) groups is 1. The van der Waals surface area contributed by atoms with Crippen LogP contribution in [0, 0.1) is 13.8 Å². The number of rotatable bonds is 5. The number of hydrogen-bond donors (Lipinski definition) is 1. The van der Waals surface area contributed by atoms with Crippen LogP contribution in [0.1, 0.15) is 36.3 Å². The summed E-state index contributed by atoms with van der Waals surface area (Å²) in [7, 11) is 1.88. The van der Waals surface area contributed by atoms with Gasteiger partial charge in [-0.15, -0.1) is 0 Å². The number of nitrogens with zero attached hydrogens (tertiary/aromatic N) is 4. The molecule has 114 valence electrons. The fraction of sp³-hybridized carbons (Fsp3) is 0.500. The van der Waals surface area contributed by atoms with Gasteiger partial charge in [0.15, 0.2) is 0 Å². The van der Waals surface area contributed by atoms with E-state index >= 15 is 0 Å². The normalized spacial score (nSPS) is 12.4. The third-order valence-corrected chi connectivity index (χ3v) is 4.13. The summed E-state index contributed by atoms with van der Waals surface area (Å²) in [6.07, 6.45) is 4.22. The standard InChI is InChI=1S/C14H20BrN5O/c1-9(12-7-19(4)17-10(12)2)16-14(21)5-6-20-8-13(15)11(3)18-20/h7-9H,5-6H2,1-4H3,(H,16,21). The van der Waals surface area contributed by atoms with E-state index in [-0.39, 0.29) is 11.9 Å². The maximum Gasteiger partial charge on any atom is 0.222 e. The van der Waals surface area contributed by atoms with E-state index in [0.29, 0.717) is 13.0 Å². The van der Waals surface area contributed by atoms with Gasteiger partial charge in [0.2, 0.25) is 5.91 Å². The summed E-state index contributed by atoms with van der Waals surface area (Å²) < 4.78 is 4.50. The molecule has 0 aliphatic carbocycles. The van der Waals surface area contributed by atoms with Crippen molar-refractivity contribution in [1.82, 2.24) is 24.9 Å². The van der Waals surface area contributed by atoms with Gasteiger partial charge in [-0.05, 0) is 36.7 Å². The van der Waals surface area contributed by atoms with Crippen LogP contribution in [-0.4, -0.2) is 25.5 Å². The van der Waals surface area contributed by atoms with Crippen LogP contribution in [0.25, 0.3) is 0 Å². The molecular formula is C14H20BrN5O. The SMILES string of the molecule is Cc1nn(CCC(=O)NC(C)c2cn(C)nc2C)cc1Br. The highest BCUT2D eigenvalue weighted by atomic mass is 79.9. The second-order valence-corrected chi connectivity index (χ2v) is 6.06. The third kappa shape index (κ3) is 3.93. The molecule has 0 spiro atoms. The highest BCUT2D eigenvalue weighted by Crippen LogP contribution is 2.16. The van der Waals surface area contributed by atoms with Gasteiger partial charge >= 0.3 is 0 Å². The number of halogens is 1. The molecule has 21 heavy (non-hydrogen) atoms. The van der Waals surface area contributed by atoms with Gasteiger partial charge in [-0.2, -0.15) is 10.2 Å². The molecule has 0 aromatic carbocycles. The van der Waals surface area contributed by atoms with Gasteiger partial charge in [0.05, 0.1) is 21.9 Å². The molecule has 0 saturated carbocycles. The predicted octanol–water partition coefficient (Wildman–Crippen LogP) is 2.26. The monoisotopic (exact) mass is 353 g/mol. The van der Waals surface area contributed by atoms with Gasteiger partial charge in [-0.25, -0.2) is 0 Å². The number of amides is 1. The van der Waals surface area contributed by atoms with Crippen molar-refractivity contribution in [3.63, 3.8) is 0 Å². The lowest BCUT2D eigenvalue weighted by Crippen LogP contribution is -2.27. The Morgan fingerprint density at radius 1 is 1.33 bits per heavy atom. The number of hydrogen-bond acceptors (Lipinski definition) is 3. The van der Waals surface area contributed by atoms with Crippen molar-refractivity contribution in [2.24, 2.45) is 7.05 Å². The highest BCUT2D eigenvalue weighted by molar-refractivity contribution is 9.10. The van der Waals surface area contributed by atoms with Gasteiger partial charge in [0.25, 0.3) is 0 Å². The van der Waals surface area contributed by atoms with E-state index in [2.05, 4.69) is 31.4 Å². The lowest BCUT2D eigenvalue weighted by molar-refractivity contribution is -0.122. The average molecular weight is 354 g/mol. The first-order valence-electron chi connectivity index (χ1n) is 6.86. The Hall–Kier alpha value is -1.63. The van der Waals surface area contributed by atoms with Crippen molar-refractivity contribution in [3.8, 4) is 0 Å². The van der Waals surface area contributed by atoms with E-state index in [4.69, 9.17) is 0 Å².